The van der Waals surface area contributed by atoms with E-state index in [1.54, 1.807) is 0 Å². The Morgan fingerprint density at radius 1 is 1.45 bits per heavy atom. The van der Waals surface area contributed by atoms with Gasteiger partial charge in [0.2, 0.25) is 11.0 Å². The molecular weight excluding hydrogens is 323 g/mol. The van der Waals surface area contributed by atoms with Crippen molar-refractivity contribution in [1.29, 1.82) is 0 Å². The van der Waals surface area contributed by atoms with Crippen LogP contribution in [-0.2, 0) is 17.8 Å². The summed E-state index contributed by atoms with van der Waals surface area (Å²) in [6, 6.07) is 1.33. The fraction of sp³-hybridized carbons (Fsp3) is 0.273. The molecule has 0 aliphatic rings. The molecule has 0 bridgehead atoms. The van der Waals surface area contributed by atoms with Gasteiger partial charge in [-0.1, -0.05) is 41.5 Å². The highest BCUT2D eigenvalue weighted by atomic mass is 35.5. The molecule has 20 heavy (non-hydrogen) atoms. The number of anilines is 1. The topological polar surface area (TPSA) is 76.9 Å². The number of nitrogens with one attached hydrogen (secondary N) is 1. The van der Waals surface area contributed by atoms with Gasteiger partial charge in [0.1, 0.15) is 16.6 Å². The largest absolute Gasteiger partial charge is 0.303 e. The lowest BCUT2D eigenvalue weighted by Crippen LogP contribution is -2.27. The van der Waals surface area contributed by atoms with Crippen LogP contribution < -0.4 is 10.9 Å². The van der Waals surface area contributed by atoms with Gasteiger partial charge in [-0.05, 0) is 12.5 Å². The van der Waals surface area contributed by atoms with Gasteiger partial charge in [-0.2, -0.15) is 0 Å². The Kier molecular flexibility index (Phi) is 4.74. The Morgan fingerprint density at radius 3 is 2.85 bits per heavy atom. The van der Waals surface area contributed by atoms with Gasteiger partial charge < -0.3 is 4.57 Å². The summed E-state index contributed by atoms with van der Waals surface area (Å²) in [5, 5.41) is 11.7. The number of hydrogen-bond donors (Lipinski definition) is 1. The van der Waals surface area contributed by atoms with Crippen LogP contribution in [0.25, 0.3) is 0 Å². The third-order valence-electron chi connectivity index (χ3n) is 2.34. The highest BCUT2D eigenvalue weighted by Gasteiger charge is 2.11. The molecule has 1 N–H and O–H groups in total. The Balaban J connectivity index is 2.10. The Labute approximate surface area is 128 Å². The van der Waals surface area contributed by atoms with Crippen molar-refractivity contribution in [1.82, 2.24) is 14.8 Å². The van der Waals surface area contributed by atoms with Crippen LogP contribution in [0.15, 0.2) is 17.1 Å². The van der Waals surface area contributed by atoms with Crippen molar-refractivity contribution in [2.75, 3.05) is 5.32 Å². The number of halogens is 2. The monoisotopic (exact) mass is 332 g/mol. The zero-order valence-corrected chi connectivity index (χ0v) is 12.7. The standard InChI is InChI=1S/C11H10Cl2N4O2S/c1-2-9-15-16-11(20-9)14-8(18)5-17-4-6(12)3-7(13)10(17)19/h3-4H,2,5H2,1H3,(H,14,16,18). The minimum absolute atomic E-state index is 0.0329. The summed E-state index contributed by atoms with van der Waals surface area (Å²) in [6.07, 6.45) is 2.10. The number of carbonyl (C=O) groups is 1. The van der Waals surface area contributed by atoms with Gasteiger partial charge in [0.25, 0.3) is 5.56 Å². The number of carbonyl (C=O) groups excluding carboxylic acids is 1. The summed E-state index contributed by atoms with van der Waals surface area (Å²) in [6.45, 7) is 1.75. The second-order valence-corrected chi connectivity index (χ2v) is 5.75. The number of hydrogen-bond acceptors (Lipinski definition) is 5. The average Bonchev–Trinajstić information content (AvgIpc) is 2.82. The first-order chi connectivity index (χ1) is 9.49. The highest BCUT2D eigenvalue weighted by Crippen LogP contribution is 2.15. The van der Waals surface area contributed by atoms with Crippen LogP contribution in [0.2, 0.25) is 10.0 Å². The van der Waals surface area contributed by atoms with Crippen LogP contribution >= 0.6 is 34.5 Å². The van der Waals surface area contributed by atoms with Crippen molar-refractivity contribution in [3.05, 3.63) is 37.7 Å². The molecule has 0 aliphatic heterocycles. The number of rotatable bonds is 4. The van der Waals surface area contributed by atoms with Crippen molar-refractivity contribution in [3.8, 4) is 0 Å². The quantitative estimate of drug-likeness (QED) is 0.931. The third-order valence-corrected chi connectivity index (χ3v) is 3.80. The molecule has 106 valence electrons. The van der Waals surface area contributed by atoms with E-state index in [4.69, 9.17) is 23.2 Å². The van der Waals surface area contributed by atoms with E-state index in [-0.39, 0.29) is 16.6 Å². The first-order valence-electron chi connectivity index (χ1n) is 5.67. The fourth-order valence-electron chi connectivity index (χ4n) is 1.44. The maximum absolute atomic E-state index is 11.8. The van der Waals surface area contributed by atoms with Gasteiger partial charge in [-0.3, -0.25) is 14.9 Å². The van der Waals surface area contributed by atoms with Crippen LogP contribution in [0.3, 0.4) is 0 Å². The van der Waals surface area contributed by atoms with Gasteiger partial charge in [-0.25, -0.2) is 0 Å². The molecule has 0 unspecified atom stereocenters. The second-order valence-electron chi connectivity index (χ2n) is 3.84. The van der Waals surface area contributed by atoms with Crippen LogP contribution in [0.5, 0.6) is 0 Å². The summed E-state index contributed by atoms with van der Waals surface area (Å²) in [7, 11) is 0. The van der Waals surface area contributed by atoms with E-state index < -0.39 is 11.5 Å². The molecule has 2 heterocycles. The maximum atomic E-state index is 11.8. The van der Waals surface area contributed by atoms with Gasteiger partial charge in [0.05, 0.1) is 5.02 Å². The Morgan fingerprint density at radius 2 is 2.20 bits per heavy atom. The van der Waals surface area contributed by atoms with Gasteiger partial charge >= 0.3 is 0 Å². The van der Waals surface area contributed by atoms with Crippen molar-refractivity contribution in [2.45, 2.75) is 19.9 Å². The van der Waals surface area contributed by atoms with Crippen molar-refractivity contribution >= 4 is 45.6 Å². The van der Waals surface area contributed by atoms with E-state index >= 15 is 0 Å². The Hall–Kier alpha value is -1.44. The van der Waals surface area contributed by atoms with E-state index in [0.717, 1.165) is 16.0 Å². The summed E-state index contributed by atoms with van der Waals surface area (Å²) in [5.74, 6) is -0.399. The first kappa shape index (κ1) is 15.0. The molecule has 0 spiro atoms. The van der Waals surface area contributed by atoms with Crippen LogP contribution in [-0.4, -0.2) is 20.7 Å². The summed E-state index contributed by atoms with van der Waals surface area (Å²) >= 11 is 12.8. The molecule has 2 aromatic rings. The molecule has 2 aromatic heterocycles. The third kappa shape index (κ3) is 3.56. The number of nitrogens with zero attached hydrogens (tertiary/aromatic N) is 3. The van der Waals surface area contributed by atoms with Crippen molar-refractivity contribution < 1.29 is 4.79 Å². The SMILES string of the molecule is CCc1nnc(NC(=O)Cn2cc(Cl)cc(Cl)c2=O)s1. The van der Waals surface area contributed by atoms with Crippen LogP contribution in [0, 0.1) is 0 Å². The molecule has 0 atom stereocenters. The first-order valence-corrected chi connectivity index (χ1v) is 7.24. The van der Waals surface area contributed by atoms with Crippen LogP contribution in [0.4, 0.5) is 5.13 Å². The normalized spacial score (nSPS) is 10.6. The van der Waals surface area contributed by atoms with Crippen molar-refractivity contribution in [2.24, 2.45) is 0 Å². The van der Waals surface area contributed by atoms with E-state index in [0.29, 0.717) is 5.13 Å². The summed E-state index contributed by atoms with van der Waals surface area (Å²) < 4.78 is 1.14. The van der Waals surface area contributed by atoms with E-state index in [2.05, 4.69) is 15.5 Å². The van der Waals surface area contributed by atoms with Gasteiger partial charge in [0, 0.05) is 6.20 Å². The van der Waals surface area contributed by atoms with Gasteiger partial charge in [0.15, 0.2) is 0 Å². The molecule has 1 amide bonds. The minimum Gasteiger partial charge on any atom is -0.303 e. The highest BCUT2D eigenvalue weighted by molar-refractivity contribution is 7.15. The molecule has 0 fully saturated rings. The number of amides is 1. The number of pyridine rings is 1. The molecule has 0 aromatic carbocycles. The predicted molar refractivity (Wildman–Crippen MR) is 78.6 cm³/mol. The number of aryl methyl sites for hydroxylation is 1. The fourth-order valence-corrected chi connectivity index (χ4v) is 2.65. The molecule has 0 radical (unpaired) electrons. The number of aromatic nitrogens is 3. The van der Waals surface area contributed by atoms with E-state index in [1.807, 2.05) is 6.92 Å². The van der Waals surface area contributed by atoms with Crippen molar-refractivity contribution in [3.63, 3.8) is 0 Å². The Bertz CT molecular complexity index is 698. The molecule has 0 saturated carbocycles. The molecule has 9 heteroatoms. The zero-order chi connectivity index (χ0) is 14.7. The molecule has 0 saturated heterocycles. The van der Waals surface area contributed by atoms with Gasteiger partial charge in [-0.15, -0.1) is 10.2 Å². The predicted octanol–water partition coefficient (Wildman–Crippen LogP) is 2.21. The summed E-state index contributed by atoms with van der Waals surface area (Å²) in [4.78, 5) is 23.6. The van der Waals surface area contributed by atoms with E-state index in [9.17, 15) is 9.59 Å². The minimum atomic E-state index is -0.474. The summed E-state index contributed by atoms with van der Waals surface area (Å²) in [5.41, 5.74) is -0.474. The zero-order valence-electron chi connectivity index (χ0n) is 10.4. The maximum Gasteiger partial charge on any atom is 0.269 e. The molecule has 6 nitrogen and oxygen atoms in total. The average molecular weight is 333 g/mol. The smallest absolute Gasteiger partial charge is 0.269 e. The van der Waals surface area contributed by atoms with E-state index in [1.165, 1.54) is 23.6 Å². The van der Waals surface area contributed by atoms with Crippen LogP contribution in [0.1, 0.15) is 11.9 Å². The second kappa shape index (κ2) is 6.34. The lowest BCUT2D eigenvalue weighted by Gasteiger charge is -2.06. The molecule has 0 aliphatic carbocycles. The molecular formula is C11H10Cl2N4O2S. The lowest BCUT2D eigenvalue weighted by molar-refractivity contribution is -0.116. The lowest BCUT2D eigenvalue weighted by atomic mass is 10.4. The molecule has 2 rings (SSSR count).